The Morgan fingerprint density at radius 3 is 2.36 bits per heavy atom. The summed E-state index contributed by atoms with van der Waals surface area (Å²) in [7, 11) is 1.63. The Balaban J connectivity index is 1.98. The number of anilines is 1. The maximum Gasteiger partial charge on any atom is 0.256 e. The van der Waals surface area contributed by atoms with Gasteiger partial charge in [0.15, 0.2) is 0 Å². The number of hydrogen-bond donors (Lipinski definition) is 2. The molecule has 0 fully saturated rings. The number of aryl methyl sites for hydroxylation is 1. The third-order valence-electron chi connectivity index (χ3n) is 3.25. The molecule has 4 nitrogen and oxygen atoms in total. The van der Waals surface area contributed by atoms with Gasteiger partial charge in [-0.2, -0.15) is 0 Å². The summed E-state index contributed by atoms with van der Waals surface area (Å²) in [5.74, 6) is -0.142. The monoisotopic (exact) mass is 360 g/mol. The molecule has 0 aliphatic heterocycles. The van der Waals surface area contributed by atoms with Crippen LogP contribution in [0.3, 0.4) is 0 Å². The van der Waals surface area contributed by atoms with Crippen molar-refractivity contribution in [1.29, 1.82) is 0 Å². The van der Waals surface area contributed by atoms with Crippen LogP contribution < -0.4 is 10.6 Å². The van der Waals surface area contributed by atoms with E-state index < -0.39 is 0 Å². The molecular formula is C17H17BrN2O2. The van der Waals surface area contributed by atoms with Crippen molar-refractivity contribution in [2.45, 2.75) is 12.8 Å². The molecule has 2 N–H and O–H groups in total. The molecule has 2 amide bonds. The minimum atomic E-state index is -0.161. The molecule has 0 radical (unpaired) electrons. The molecule has 22 heavy (non-hydrogen) atoms. The molecule has 0 saturated heterocycles. The van der Waals surface area contributed by atoms with Crippen LogP contribution in [0.15, 0.2) is 53.0 Å². The number of hydrogen-bond acceptors (Lipinski definition) is 2. The Morgan fingerprint density at radius 2 is 1.73 bits per heavy atom. The second-order valence-corrected chi connectivity index (χ2v) is 5.66. The van der Waals surface area contributed by atoms with Crippen LogP contribution in [0.25, 0.3) is 0 Å². The Hall–Kier alpha value is -2.14. The van der Waals surface area contributed by atoms with E-state index in [4.69, 9.17) is 0 Å². The molecule has 0 unspecified atom stereocenters. The maximum atomic E-state index is 12.2. The van der Waals surface area contributed by atoms with Gasteiger partial charge in [0.05, 0.1) is 5.56 Å². The van der Waals surface area contributed by atoms with Gasteiger partial charge < -0.3 is 10.6 Å². The predicted octanol–water partition coefficient (Wildman–Crippen LogP) is 3.38. The Labute approximate surface area is 138 Å². The van der Waals surface area contributed by atoms with Crippen LogP contribution in [0.5, 0.6) is 0 Å². The summed E-state index contributed by atoms with van der Waals surface area (Å²) in [5.41, 5.74) is 2.37. The summed E-state index contributed by atoms with van der Waals surface area (Å²) in [5, 5.41) is 5.45. The van der Waals surface area contributed by atoms with Crippen LogP contribution in [0.4, 0.5) is 5.69 Å². The van der Waals surface area contributed by atoms with E-state index in [-0.39, 0.29) is 11.8 Å². The number of halogens is 1. The lowest BCUT2D eigenvalue weighted by molar-refractivity contribution is -0.120. The molecule has 0 spiro atoms. The lowest BCUT2D eigenvalue weighted by Crippen LogP contribution is -2.17. The number of carbonyl (C=O) groups excluding carboxylic acids is 2. The molecular weight excluding hydrogens is 344 g/mol. The molecule has 2 aromatic carbocycles. The molecule has 0 atom stereocenters. The van der Waals surface area contributed by atoms with Crippen LogP contribution in [-0.2, 0) is 11.2 Å². The van der Waals surface area contributed by atoms with Gasteiger partial charge in [0.2, 0.25) is 5.91 Å². The third-order valence-corrected chi connectivity index (χ3v) is 3.94. The van der Waals surface area contributed by atoms with Crippen LogP contribution in [0.2, 0.25) is 0 Å². The zero-order valence-corrected chi connectivity index (χ0v) is 13.8. The van der Waals surface area contributed by atoms with E-state index in [0.717, 1.165) is 15.7 Å². The summed E-state index contributed by atoms with van der Waals surface area (Å²) in [6.07, 6.45) is 1.14. The third kappa shape index (κ3) is 4.43. The normalized spacial score (nSPS) is 10.1. The van der Waals surface area contributed by atoms with E-state index in [2.05, 4.69) is 26.6 Å². The lowest BCUT2D eigenvalue weighted by atomic mass is 10.1. The fourth-order valence-electron chi connectivity index (χ4n) is 1.98. The molecule has 0 aliphatic carbocycles. The van der Waals surface area contributed by atoms with E-state index in [1.165, 1.54) is 0 Å². The highest BCUT2D eigenvalue weighted by molar-refractivity contribution is 9.10. The standard InChI is InChI=1S/C17H17BrN2O2/c1-19-16(21)11-8-12-6-9-13(10-7-12)20-17(22)14-4-2-3-5-15(14)18/h2-7,9-10H,8,11H2,1H3,(H,19,21)(H,20,22). The molecule has 0 heterocycles. The minimum absolute atomic E-state index is 0.0197. The van der Waals surface area contributed by atoms with Crippen molar-refractivity contribution in [3.05, 3.63) is 64.1 Å². The zero-order chi connectivity index (χ0) is 15.9. The van der Waals surface area contributed by atoms with Crippen LogP contribution in [0.1, 0.15) is 22.3 Å². The van der Waals surface area contributed by atoms with Crippen LogP contribution >= 0.6 is 15.9 Å². The fraction of sp³-hybridized carbons (Fsp3) is 0.176. The molecule has 2 aromatic rings. The maximum absolute atomic E-state index is 12.2. The first-order chi connectivity index (χ1) is 10.6. The van der Waals surface area contributed by atoms with Crippen LogP contribution in [-0.4, -0.2) is 18.9 Å². The van der Waals surface area contributed by atoms with Gasteiger partial charge >= 0.3 is 0 Å². The number of carbonyl (C=O) groups is 2. The molecule has 5 heteroatoms. The van der Waals surface area contributed by atoms with E-state index in [0.29, 0.717) is 18.4 Å². The Morgan fingerprint density at radius 1 is 1.05 bits per heavy atom. The van der Waals surface area contributed by atoms with Crippen LogP contribution in [0, 0.1) is 0 Å². The first kappa shape index (κ1) is 16.2. The van der Waals surface area contributed by atoms with Gasteiger partial charge in [-0.25, -0.2) is 0 Å². The Kier molecular flexibility index (Phi) is 5.72. The summed E-state index contributed by atoms with van der Waals surface area (Å²) in [6, 6.07) is 14.8. The van der Waals surface area contributed by atoms with Crippen molar-refractivity contribution in [3.8, 4) is 0 Å². The minimum Gasteiger partial charge on any atom is -0.359 e. The van der Waals surface area contributed by atoms with Crippen molar-refractivity contribution < 1.29 is 9.59 Å². The summed E-state index contributed by atoms with van der Waals surface area (Å²) < 4.78 is 0.759. The van der Waals surface area contributed by atoms with Crippen molar-refractivity contribution in [1.82, 2.24) is 5.32 Å². The van der Waals surface area contributed by atoms with Gasteiger partial charge in [-0.3, -0.25) is 9.59 Å². The smallest absolute Gasteiger partial charge is 0.256 e. The summed E-state index contributed by atoms with van der Waals surface area (Å²) in [6.45, 7) is 0. The van der Waals surface area contributed by atoms with Crippen molar-refractivity contribution in [3.63, 3.8) is 0 Å². The number of nitrogens with one attached hydrogen (secondary N) is 2. The second kappa shape index (κ2) is 7.75. The highest BCUT2D eigenvalue weighted by Crippen LogP contribution is 2.18. The zero-order valence-electron chi connectivity index (χ0n) is 12.2. The van der Waals surface area contributed by atoms with E-state index >= 15 is 0 Å². The molecule has 0 bridgehead atoms. The van der Waals surface area contributed by atoms with Gasteiger partial charge in [-0.15, -0.1) is 0 Å². The largest absolute Gasteiger partial charge is 0.359 e. The number of amides is 2. The lowest BCUT2D eigenvalue weighted by Gasteiger charge is -2.08. The van der Waals surface area contributed by atoms with Gasteiger partial charge in [-0.1, -0.05) is 24.3 Å². The quantitative estimate of drug-likeness (QED) is 0.858. The van der Waals surface area contributed by atoms with Crippen molar-refractivity contribution in [2.75, 3.05) is 12.4 Å². The summed E-state index contributed by atoms with van der Waals surface area (Å²) in [4.78, 5) is 23.4. The van der Waals surface area contributed by atoms with E-state index in [1.54, 1.807) is 13.1 Å². The molecule has 0 saturated carbocycles. The first-order valence-corrected chi connectivity index (χ1v) is 7.75. The molecule has 2 rings (SSSR count). The SMILES string of the molecule is CNC(=O)CCc1ccc(NC(=O)c2ccccc2Br)cc1. The summed E-state index contributed by atoms with van der Waals surface area (Å²) >= 11 is 3.36. The highest BCUT2D eigenvalue weighted by Gasteiger charge is 2.09. The molecule has 0 aliphatic rings. The first-order valence-electron chi connectivity index (χ1n) is 6.95. The highest BCUT2D eigenvalue weighted by atomic mass is 79.9. The molecule has 114 valence electrons. The van der Waals surface area contributed by atoms with Gasteiger partial charge in [-0.05, 0) is 52.2 Å². The van der Waals surface area contributed by atoms with E-state index in [1.807, 2.05) is 42.5 Å². The molecule has 0 aromatic heterocycles. The van der Waals surface area contributed by atoms with Crippen molar-refractivity contribution in [2.24, 2.45) is 0 Å². The van der Waals surface area contributed by atoms with Gasteiger partial charge in [0.25, 0.3) is 5.91 Å². The Bertz CT molecular complexity index is 669. The average Bonchev–Trinajstić information content (AvgIpc) is 2.54. The topological polar surface area (TPSA) is 58.2 Å². The van der Waals surface area contributed by atoms with Gasteiger partial charge in [0.1, 0.15) is 0 Å². The van der Waals surface area contributed by atoms with Crippen molar-refractivity contribution >= 4 is 33.4 Å². The predicted molar refractivity (Wildman–Crippen MR) is 90.9 cm³/mol. The number of rotatable bonds is 5. The fourth-order valence-corrected chi connectivity index (χ4v) is 2.45. The number of benzene rings is 2. The average molecular weight is 361 g/mol. The van der Waals surface area contributed by atoms with E-state index in [9.17, 15) is 9.59 Å². The second-order valence-electron chi connectivity index (χ2n) is 4.80. The van der Waals surface area contributed by atoms with Gasteiger partial charge in [0, 0.05) is 23.6 Å².